The molecule has 0 bridgehead atoms. The number of carbonyl (C=O) groups excluding carboxylic acids is 1. The first-order valence-electron chi connectivity index (χ1n) is 8.50. The van der Waals surface area contributed by atoms with Crippen LogP contribution in [0, 0.1) is 20.8 Å². The third-order valence-electron chi connectivity index (χ3n) is 4.69. The molecule has 1 aromatic heterocycles. The van der Waals surface area contributed by atoms with E-state index < -0.39 is 0 Å². The minimum Gasteiger partial charge on any atom is -0.322 e. The summed E-state index contributed by atoms with van der Waals surface area (Å²) in [6, 6.07) is 13.2. The van der Waals surface area contributed by atoms with Gasteiger partial charge in [-0.05, 0) is 56.2 Å². The van der Waals surface area contributed by atoms with Crippen molar-refractivity contribution in [3.63, 3.8) is 0 Å². The summed E-state index contributed by atoms with van der Waals surface area (Å²) in [5.74, 6) is -0.168. The smallest absolute Gasteiger partial charge is 0.255 e. The van der Waals surface area contributed by atoms with Crippen molar-refractivity contribution in [3.8, 4) is 0 Å². The second-order valence-corrected chi connectivity index (χ2v) is 6.97. The van der Waals surface area contributed by atoms with E-state index in [1.165, 1.54) is 16.8 Å². The second kappa shape index (κ2) is 7.34. The molecule has 1 amide bonds. The third-order valence-corrected chi connectivity index (χ3v) is 5.09. The summed E-state index contributed by atoms with van der Waals surface area (Å²) in [4.78, 5) is 12.4. The Morgan fingerprint density at radius 3 is 2.38 bits per heavy atom. The summed E-state index contributed by atoms with van der Waals surface area (Å²) in [6.07, 6.45) is 0.827. The maximum absolute atomic E-state index is 12.4. The minimum atomic E-state index is -0.168. The van der Waals surface area contributed by atoms with Crippen molar-refractivity contribution < 1.29 is 4.79 Å². The zero-order chi connectivity index (χ0) is 18.8. The highest BCUT2D eigenvalue weighted by Crippen LogP contribution is 2.20. The number of hydrogen-bond donors (Lipinski definition) is 1. The van der Waals surface area contributed by atoms with Gasteiger partial charge >= 0.3 is 0 Å². The SMILES string of the molecule is Cc1ccc(C(=O)Nc2ccc(Cc3c(C)nn(C)c3C)cc2)cc1Cl. The Labute approximate surface area is 158 Å². The molecule has 5 heteroatoms. The predicted molar refractivity (Wildman–Crippen MR) is 106 cm³/mol. The van der Waals surface area contributed by atoms with Crippen LogP contribution in [0.15, 0.2) is 42.5 Å². The first-order valence-corrected chi connectivity index (χ1v) is 8.88. The fourth-order valence-electron chi connectivity index (χ4n) is 2.92. The van der Waals surface area contributed by atoms with Crippen LogP contribution >= 0.6 is 11.6 Å². The lowest BCUT2D eigenvalue weighted by molar-refractivity contribution is 0.102. The number of rotatable bonds is 4. The molecule has 0 spiro atoms. The van der Waals surface area contributed by atoms with Crippen LogP contribution in [0.2, 0.25) is 5.02 Å². The summed E-state index contributed by atoms with van der Waals surface area (Å²) in [5, 5.41) is 7.96. The predicted octanol–water partition coefficient (Wildman–Crippen LogP) is 4.84. The van der Waals surface area contributed by atoms with E-state index in [4.69, 9.17) is 11.6 Å². The number of hydrogen-bond acceptors (Lipinski definition) is 2. The van der Waals surface area contributed by atoms with Gasteiger partial charge in [0, 0.05) is 41.0 Å². The molecule has 0 atom stereocenters. The van der Waals surface area contributed by atoms with Crippen molar-refractivity contribution in [2.75, 3.05) is 5.32 Å². The molecule has 0 unspecified atom stereocenters. The van der Waals surface area contributed by atoms with Crippen LogP contribution in [0.25, 0.3) is 0 Å². The van der Waals surface area contributed by atoms with Crippen molar-refractivity contribution in [2.24, 2.45) is 7.05 Å². The number of benzene rings is 2. The molecular formula is C21H22ClN3O. The molecule has 2 aromatic carbocycles. The highest BCUT2D eigenvalue weighted by atomic mass is 35.5. The fraction of sp³-hybridized carbons (Fsp3) is 0.238. The van der Waals surface area contributed by atoms with E-state index in [0.29, 0.717) is 10.6 Å². The molecule has 0 aliphatic rings. The summed E-state index contributed by atoms with van der Waals surface area (Å²) in [5.41, 5.74) is 6.92. The Kier molecular flexibility index (Phi) is 5.14. The van der Waals surface area contributed by atoms with Crippen LogP contribution < -0.4 is 5.32 Å². The molecule has 0 saturated heterocycles. The van der Waals surface area contributed by atoms with Gasteiger partial charge in [-0.1, -0.05) is 29.8 Å². The summed E-state index contributed by atoms with van der Waals surface area (Å²) < 4.78 is 1.91. The number of amides is 1. The maximum Gasteiger partial charge on any atom is 0.255 e. The van der Waals surface area contributed by atoms with Gasteiger partial charge in [0.15, 0.2) is 0 Å². The van der Waals surface area contributed by atoms with Gasteiger partial charge in [-0.2, -0.15) is 5.10 Å². The molecule has 4 nitrogen and oxygen atoms in total. The lowest BCUT2D eigenvalue weighted by atomic mass is 10.0. The Bertz CT molecular complexity index is 958. The maximum atomic E-state index is 12.4. The Balaban J connectivity index is 1.71. The van der Waals surface area contributed by atoms with Crippen LogP contribution in [0.3, 0.4) is 0 Å². The molecule has 26 heavy (non-hydrogen) atoms. The minimum absolute atomic E-state index is 0.168. The first-order chi connectivity index (χ1) is 12.3. The standard InChI is InChI=1S/C21H22ClN3O/c1-13-5-8-17(12-20(13)22)21(26)23-18-9-6-16(7-10-18)11-19-14(2)24-25(4)15(19)3/h5-10,12H,11H2,1-4H3,(H,23,26). The van der Waals surface area contributed by atoms with E-state index in [9.17, 15) is 4.79 Å². The van der Waals surface area contributed by atoms with E-state index in [1.807, 2.05) is 55.9 Å². The van der Waals surface area contributed by atoms with Gasteiger partial charge in [-0.3, -0.25) is 9.48 Å². The number of nitrogens with zero attached hydrogens (tertiary/aromatic N) is 2. The monoisotopic (exact) mass is 367 g/mol. The highest BCUT2D eigenvalue weighted by Gasteiger charge is 2.11. The van der Waals surface area contributed by atoms with Crippen molar-refractivity contribution in [1.29, 1.82) is 0 Å². The Hall–Kier alpha value is -2.59. The molecule has 3 aromatic rings. The fourth-order valence-corrected chi connectivity index (χ4v) is 3.10. The van der Waals surface area contributed by atoms with E-state index >= 15 is 0 Å². The largest absolute Gasteiger partial charge is 0.322 e. The molecule has 1 N–H and O–H groups in total. The quantitative estimate of drug-likeness (QED) is 0.717. The van der Waals surface area contributed by atoms with E-state index in [2.05, 4.69) is 17.3 Å². The molecule has 0 aliphatic heterocycles. The number of halogens is 1. The van der Waals surface area contributed by atoms with Crippen molar-refractivity contribution in [3.05, 3.63) is 81.1 Å². The number of carbonyl (C=O) groups is 1. The topological polar surface area (TPSA) is 46.9 Å². The van der Waals surface area contributed by atoms with Crippen molar-refractivity contribution in [2.45, 2.75) is 27.2 Å². The van der Waals surface area contributed by atoms with Gasteiger partial charge in [0.1, 0.15) is 0 Å². The van der Waals surface area contributed by atoms with Gasteiger partial charge in [-0.15, -0.1) is 0 Å². The second-order valence-electron chi connectivity index (χ2n) is 6.56. The van der Waals surface area contributed by atoms with Gasteiger partial charge < -0.3 is 5.32 Å². The average Bonchev–Trinajstić information content (AvgIpc) is 2.85. The molecule has 0 radical (unpaired) electrons. The van der Waals surface area contributed by atoms with Gasteiger partial charge in [0.25, 0.3) is 5.91 Å². The van der Waals surface area contributed by atoms with Crippen LogP contribution in [0.1, 0.15) is 38.4 Å². The Morgan fingerprint density at radius 1 is 1.12 bits per heavy atom. The third kappa shape index (κ3) is 3.81. The van der Waals surface area contributed by atoms with Gasteiger partial charge in [-0.25, -0.2) is 0 Å². The Morgan fingerprint density at radius 2 is 1.81 bits per heavy atom. The number of aryl methyl sites for hydroxylation is 3. The molecule has 3 rings (SSSR count). The van der Waals surface area contributed by atoms with Gasteiger partial charge in [0.05, 0.1) is 5.69 Å². The van der Waals surface area contributed by atoms with Crippen molar-refractivity contribution >= 4 is 23.2 Å². The molecule has 0 fully saturated rings. The lowest BCUT2D eigenvalue weighted by Gasteiger charge is -2.08. The van der Waals surface area contributed by atoms with Gasteiger partial charge in [0.2, 0.25) is 0 Å². The molecule has 0 saturated carbocycles. The van der Waals surface area contributed by atoms with Crippen LogP contribution in [-0.4, -0.2) is 15.7 Å². The number of aromatic nitrogens is 2. The van der Waals surface area contributed by atoms with Crippen LogP contribution in [-0.2, 0) is 13.5 Å². The zero-order valence-corrected chi connectivity index (χ0v) is 16.2. The van der Waals surface area contributed by atoms with E-state index in [0.717, 1.165) is 23.4 Å². The first kappa shape index (κ1) is 18.2. The normalized spacial score (nSPS) is 10.8. The summed E-state index contributed by atoms with van der Waals surface area (Å²) in [6.45, 7) is 6.02. The lowest BCUT2D eigenvalue weighted by Crippen LogP contribution is -2.11. The number of nitrogens with one attached hydrogen (secondary N) is 1. The summed E-state index contributed by atoms with van der Waals surface area (Å²) >= 11 is 6.10. The van der Waals surface area contributed by atoms with Crippen molar-refractivity contribution in [1.82, 2.24) is 9.78 Å². The van der Waals surface area contributed by atoms with Crippen LogP contribution in [0.4, 0.5) is 5.69 Å². The molecule has 134 valence electrons. The molecular weight excluding hydrogens is 346 g/mol. The zero-order valence-electron chi connectivity index (χ0n) is 15.4. The van der Waals surface area contributed by atoms with E-state index in [1.54, 1.807) is 12.1 Å². The number of anilines is 1. The van der Waals surface area contributed by atoms with E-state index in [-0.39, 0.29) is 5.91 Å². The average molecular weight is 368 g/mol. The highest BCUT2D eigenvalue weighted by molar-refractivity contribution is 6.31. The molecule has 0 aliphatic carbocycles. The molecule has 1 heterocycles. The summed E-state index contributed by atoms with van der Waals surface area (Å²) in [7, 11) is 1.96. The van der Waals surface area contributed by atoms with Crippen LogP contribution in [0.5, 0.6) is 0 Å².